The summed E-state index contributed by atoms with van der Waals surface area (Å²) in [5, 5.41) is 11.3. The number of hydrogen-bond donors (Lipinski definition) is 2. The molecule has 1 aliphatic rings. The molecule has 0 radical (unpaired) electrons. The van der Waals surface area contributed by atoms with Gasteiger partial charge in [-0.25, -0.2) is 0 Å². The summed E-state index contributed by atoms with van der Waals surface area (Å²) in [6, 6.07) is 4.13. The van der Waals surface area contributed by atoms with Crippen molar-refractivity contribution in [2.24, 2.45) is 5.73 Å². The summed E-state index contributed by atoms with van der Waals surface area (Å²) in [4.78, 5) is 0. The molecule has 0 bridgehead atoms. The van der Waals surface area contributed by atoms with Crippen molar-refractivity contribution < 1.29 is 4.74 Å². The second-order valence-electron chi connectivity index (χ2n) is 4.12. The van der Waals surface area contributed by atoms with E-state index in [1.54, 1.807) is 0 Å². The van der Waals surface area contributed by atoms with Gasteiger partial charge in [-0.05, 0) is 32.4 Å². The molecule has 1 saturated carbocycles. The number of ether oxygens (including phenoxy) is 1. The lowest BCUT2D eigenvalue weighted by Gasteiger charge is -2.42. The van der Waals surface area contributed by atoms with E-state index in [9.17, 15) is 0 Å². The number of nitrogens with two attached hydrogens (primary N) is 1. The van der Waals surface area contributed by atoms with Gasteiger partial charge in [0.1, 0.15) is 5.82 Å². The summed E-state index contributed by atoms with van der Waals surface area (Å²) in [6.45, 7) is 4.62. The van der Waals surface area contributed by atoms with Gasteiger partial charge in [0.25, 0.3) is 0 Å². The first-order chi connectivity index (χ1) is 7.70. The Bertz CT molecular complexity index is 338. The maximum absolute atomic E-state index is 5.93. The first kappa shape index (κ1) is 11.3. The Morgan fingerprint density at radius 1 is 1.50 bits per heavy atom. The second kappa shape index (κ2) is 4.76. The molecule has 3 unspecified atom stereocenters. The van der Waals surface area contributed by atoms with Crippen LogP contribution in [0.4, 0.5) is 5.82 Å². The van der Waals surface area contributed by atoms with Crippen molar-refractivity contribution in [1.29, 1.82) is 0 Å². The number of aryl methyl sites for hydroxylation is 1. The van der Waals surface area contributed by atoms with Gasteiger partial charge in [-0.15, -0.1) is 5.10 Å². The second-order valence-corrected chi connectivity index (χ2v) is 4.12. The number of aromatic nitrogens is 2. The van der Waals surface area contributed by atoms with Crippen LogP contribution in [0.5, 0.6) is 0 Å². The van der Waals surface area contributed by atoms with Gasteiger partial charge in [-0.2, -0.15) is 5.10 Å². The highest BCUT2D eigenvalue weighted by Gasteiger charge is 2.39. The molecule has 0 spiro atoms. The van der Waals surface area contributed by atoms with Crippen LogP contribution in [0.25, 0.3) is 0 Å². The van der Waals surface area contributed by atoms with Crippen molar-refractivity contribution in [3.8, 4) is 0 Å². The molecule has 3 N–H and O–H groups in total. The number of nitrogens with one attached hydrogen (secondary N) is 1. The van der Waals surface area contributed by atoms with Crippen LogP contribution < -0.4 is 11.1 Å². The van der Waals surface area contributed by atoms with Crippen molar-refractivity contribution in [3.05, 3.63) is 17.8 Å². The fourth-order valence-corrected chi connectivity index (χ4v) is 1.87. The zero-order valence-corrected chi connectivity index (χ0v) is 9.68. The zero-order valence-electron chi connectivity index (χ0n) is 9.68. The van der Waals surface area contributed by atoms with E-state index in [0.717, 1.165) is 24.5 Å². The van der Waals surface area contributed by atoms with Gasteiger partial charge in [0.05, 0.1) is 17.8 Å². The monoisotopic (exact) mass is 222 g/mol. The molecule has 5 nitrogen and oxygen atoms in total. The molecule has 1 fully saturated rings. The summed E-state index contributed by atoms with van der Waals surface area (Å²) in [7, 11) is 0. The molecule has 1 aromatic heterocycles. The summed E-state index contributed by atoms with van der Waals surface area (Å²) in [5.74, 6) is 0.760. The van der Waals surface area contributed by atoms with Crippen LogP contribution in [0, 0.1) is 6.92 Å². The summed E-state index contributed by atoms with van der Waals surface area (Å²) in [5.41, 5.74) is 6.84. The lowest BCUT2D eigenvalue weighted by Crippen LogP contribution is -2.60. The van der Waals surface area contributed by atoms with Crippen LogP contribution in [-0.4, -0.2) is 35.0 Å². The fourth-order valence-electron chi connectivity index (χ4n) is 1.87. The molecular formula is C11H18N4O. The molecule has 16 heavy (non-hydrogen) atoms. The smallest absolute Gasteiger partial charge is 0.149 e. The molecule has 2 rings (SSSR count). The van der Waals surface area contributed by atoms with E-state index in [4.69, 9.17) is 10.5 Å². The van der Waals surface area contributed by atoms with E-state index in [1.165, 1.54) is 0 Å². The molecule has 1 heterocycles. The van der Waals surface area contributed by atoms with Gasteiger partial charge < -0.3 is 15.8 Å². The molecular weight excluding hydrogens is 204 g/mol. The third-order valence-corrected chi connectivity index (χ3v) is 2.86. The van der Waals surface area contributed by atoms with Crippen molar-refractivity contribution in [2.45, 2.75) is 38.5 Å². The molecule has 0 aromatic carbocycles. The van der Waals surface area contributed by atoms with Crippen molar-refractivity contribution in [3.63, 3.8) is 0 Å². The largest absolute Gasteiger partial charge is 0.376 e. The fraction of sp³-hybridized carbons (Fsp3) is 0.636. The Kier molecular flexibility index (Phi) is 3.36. The Hall–Kier alpha value is -1.20. The van der Waals surface area contributed by atoms with Crippen LogP contribution in [0.15, 0.2) is 12.1 Å². The Balaban J connectivity index is 1.95. The van der Waals surface area contributed by atoms with Gasteiger partial charge >= 0.3 is 0 Å². The van der Waals surface area contributed by atoms with Crippen LogP contribution in [0.2, 0.25) is 0 Å². The molecule has 88 valence electrons. The predicted molar refractivity (Wildman–Crippen MR) is 62.2 cm³/mol. The predicted octanol–water partition coefficient (Wildman–Crippen LogP) is 0.702. The average molecular weight is 222 g/mol. The maximum Gasteiger partial charge on any atom is 0.149 e. The SMILES string of the molecule is CCOC1CC(N)C1Nc1ccc(C)nn1. The quantitative estimate of drug-likeness (QED) is 0.784. The highest BCUT2D eigenvalue weighted by molar-refractivity contribution is 5.36. The van der Waals surface area contributed by atoms with Gasteiger partial charge in [-0.3, -0.25) is 0 Å². The van der Waals surface area contributed by atoms with Crippen LogP contribution in [0.3, 0.4) is 0 Å². The zero-order chi connectivity index (χ0) is 11.5. The van der Waals surface area contributed by atoms with E-state index in [2.05, 4.69) is 15.5 Å². The Labute approximate surface area is 95.4 Å². The van der Waals surface area contributed by atoms with E-state index in [0.29, 0.717) is 0 Å². The Morgan fingerprint density at radius 3 is 2.88 bits per heavy atom. The van der Waals surface area contributed by atoms with E-state index in [-0.39, 0.29) is 18.2 Å². The van der Waals surface area contributed by atoms with E-state index in [1.807, 2.05) is 26.0 Å². The first-order valence-corrected chi connectivity index (χ1v) is 5.64. The molecule has 0 amide bonds. The third kappa shape index (κ3) is 2.31. The third-order valence-electron chi connectivity index (χ3n) is 2.86. The maximum atomic E-state index is 5.93. The van der Waals surface area contributed by atoms with Gasteiger partial charge in [0.15, 0.2) is 0 Å². The van der Waals surface area contributed by atoms with Gasteiger partial charge in [0, 0.05) is 12.6 Å². The van der Waals surface area contributed by atoms with Crippen LogP contribution in [0.1, 0.15) is 19.0 Å². The Morgan fingerprint density at radius 2 is 2.31 bits per heavy atom. The van der Waals surface area contributed by atoms with Crippen LogP contribution in [-0.2, 0) is 4.74 Å². The normalized spacial score (nSPS) is 28.6. The number of rotatable bonds is 4. The molecule has 1 aromatic rings. The van der Waals surface area contributed by atoms with Gasteiger partial charge in [0.2, 0.25) is 0 Å². The molecule has 5 heteroatoms. The minimum atomic E-state index is 0.139. The average Bonchev–Trinajstić information content (AvgIpc) is 2.28. The first-order valence-electron chi connectivity index (χ1n) is 5.64. The molecule has 0 saturated heterocycles. The number of anilines is 1. The summed E-state index contributed by atoms with van der Waals surface area (Å²) >= 11 is 0. The minimum Gasteiger partial charge on any atom is -0.376 e. The van der Waals surface area contributed by atoms with Gasteiger partial charge in [-0.1, -0.05) is 0 Å². The van der Waals surface area contributed by atoms with Crippen molar-refractivity contribution in [1.82, 2.24) is 10.2 Å². The van der Waals surface area contributed by atoms with Crippen LogP contribution >= 0.6 is 0 Å². The van der Waals surface area contributed by atoms with Crippen molar-refractivity contribution in [2.75, 3.05) is 11.9 Å². The highest BCUT2D eigenvalue weighted by atomic mass is 16.5. The topological polar surface area (TPSA) is 73.1 Å². The molecule has 3 atom stereocenters. The molecule has 0 aliphatic heterocycles. The minimum absolute atomic E-state index is 0.139. The lowest BCUT2D eigenvalue weighted by atomic mass is 9.83. The molecule has 1 aliphatic carbocycles. The number of hydrogen-bond acceptors (Lipinski definition) is 5. The van der Waals surface area contributed by atoms with E-state index >= 15 is 0 Å². The van der Waals surface area contributed by atoms with E-state index < -0.39 is 0 Å². The standard InChI is InChI=1S/C11H18N4O/c1-3-16-9-6-8(12)11(9)13-10-5-4-7(2)14-15-10/h4-5,8-9,11H,3,6,12H2,1-2H3,(H,13,15). The number of nitrogens with zero attached hydrogens (tertiary/aromatic N) is 2. The lowest BCUT2D eigenvalue weighted by molar-refractivity contribution is -0.0127. The van der Waals surface area contributed by atoms with Crippen molar-refractivity contribution >= 4 is 5.82 Å². The highest BCUT2D eigenvalue weighted by Crippen LogP contribution is 2.25. The summed E-state index contributed by atoms with van der Waals surface area (Å²) in [6.07, 6.45) is 1.10. The summed E-state index contributed by atoms with van der Waals surface area (Å²) < 4.78 is 5.57.